The van der Waals surface area contributed by atoms with E-state index in [9.17, 15) is 13.2 Å². The van der Waals surface area contributed by atoms with E-state index in [0.29, 0.717) is 11.1 Å². The standard InChI is InChI=1S/C13H18F3N/c1-6-7(2)9(4)11(10(5)8(6)3)12(17)13(14,15)16/h12H,17H2,1-5H3/t12-/m1/s1. The second-order valence-electron chi connectivity index (χ2n) is 4.56. The van der Waals surface area contributed by atoms with Crippen molar-refractivity contribution in [2.75, 3.05) is 0 Å². The Kier molecular flexibility index (Phi) is 3.58. The number of hydrogen-bond donors (Lipinski definition) is 1. The lowest BCUT2D eigenvalue weighted by Gasteiger charge is -2.24. The molecule has 0 spiro atoms. The predicted octanol–water partition coefficient (Wildman–Crippen LogP) is 3.79. The molecule has 1 nitrogen and oxygen atoms in total. The van der Waals surface area contributed by atoms with Gasteiger partial charge in [-0.1, -0.05) is 0 Å². The zero-order valence-electron chi connectivity index (χ0n) is 10.8. The minimum absolute atomic E-state index is 0.220. The third kappa shape index (κ3) is 2.32. The van der Waals surface area contributed by atoms with Crippen molar-refractivity contribution in [3.63, 3.8) is 0 Å². The van der Waals surface area contributed by atoms with Gasteiger partial charge in [-0.25, -0.2) is 0 Å². The molecule has 2 N–H and O–H groups in total. The molecule has 0 amide bonds. The average Bonchev–Trinajstić information content (AvgIpc) is 2.22. The van der Waals surface area contributed by atoms with Crippen molar-refractivity contribution < 1.29 is 13.2 Å². The van der Waals surface area contributed by atoms with Crippen LogP contribution in [0.1, 0.15) is 39.4 Å². The van der Waals surface area contributed by atoms with E-state index in [1.807, 2.05) is 20.8 Å². The second kappa shape index (κ2) is 4.33. The first-order valence-electron chi connectivity index (χ1n) is 5.48. The molecule has 1 aromatic rings. The SMILES string of the molecule is Cc1c(C)c(C)c([C@@H](N)C(F)(F)F)c(C)c1C. The van der Waals surface area contributed by atoms with Crippen molar-refractivity contribution in [3.8, 4) is 0 Å². The Labute approximate surface area is 99.8 Å². The molecular formula is C13H18F3N. The molecule has 0 fully saturated rings. The quantitative estimate of drug-likeness (QED) is 0.800. The summed E-state index contributed by atoms with van der Waals surface area (Å²) in [5, 5.41) is 0. The Morgan fingerprint density at radius 1 is 0.765 bits per heavy atom. The van der Waals surface area contributed by atoms with Crippen LogP contribution in [0.4, 0.5) is 13.2 Å². The third-order valence-corrected chi connectivity index (χ3v) is 3.72. The zero-order chi connectivity index (χ0) is 13.5. The van der Waals surface area contributed by atoms with Gasteiger partial charge in [0, 0.05) is 0 Å². The van der Waals surface area contributed by atoms with E-state index < -0.39 is 12.2 Å². The van der Waals surface area contributed by atoms with Crippen LogP contribution in [0.25, 0.3) is 0 Å². The van der Waals surface area contributed by atoms with Crippen LogP contribution >= 0.6 is 0 Å². The van der Waals surface area contributed by atoms with Gasteiger partial charge in [0.25, 0.3) is 0 Å². The van der Waals surface area contributed by atoms with Gasteiger partial charge in [0.2, 0.25) is 0 Å². The molecule has 0 aromatic heterocycles. The molecule has 1 atom stereocenters. The predicted molar refractivity (Wildman–Crippen MR) is 63.1 cm³/mol. The molecule has 1 rings (SSSR count). The number of nitrogens with two attached hydrogens (primary N) is 1. The topological polar surface area (TPSA) is 26.0 Å². The van der Waals surface area contributed by atoms with Gasteiger partial charge in [-0.05, 0) is 68.0 Å². The summed E-state index contributed by atoms with van der Waals surface area (Å²) >= 11 is 0. The summed E-state index contributed by atoms with van der Waals surface area (Å²) in [5.41, 5.74) is 9.68. The normalized spacial score (nSPS) is 13.9. The van der Waals surface area contributed by atoms with Gasteiger partial charge in [0.1, 0.15) is 6.04 Å². The van der Waals surface area contributed by atoms with E-state index in [2.05, 4.69) is 0 Å². The molecular weight excluding hydrogens is 227 g/mol. The van der Waals surface area contributed by atoms with Crippen LogP contribution in [0.5, 0.6) is 0 Å². The molecule has 0 radical (unpaired) electrons. The van der Waals surface area contributed by atoms with E-state index in [4.69, 9.17) is 5.73 Å². The number of rotatable bonds is 1. The van der Waals surface area contributed by atoms with Crippen molar-refractivity contribution >= 4 is 0 Å². The highest BCUT2D eigenvalue weighted by Gasteiger charge is 2.40. The van der Waals surface area contributed by atoms with Crippen LogP contribution in [0.15, 0.2) is 0 Å². The number of hydrogen-bond acceptors (Lipinski definition) is 1. The van der Waals surface area contributed by atoms with Crippen molar-refractivity contribution in [1.82, 2.24) is 0 Å². The maximum atomic E-state index is 12.7. The lowest BCUT2D eigenvalue weighted by Crippen LogP contribution is -2.30. The first-order chi connectivity index (χ1) is 7.59. The van der Waals surface area contributed by atoms with E-state index in [0.717, 1.165) is 16.7 Å². The molecule has 0 heterocycles. The van der Waals surface area contributed by atoms with Gasteiger partial charge in [-0.15, -0.1) is 0 Å². The summed E-state index contributed by atoms with van der Waals surface area (Å²) in [6.45, 7) is 9.01. The summed E-state index contributed by atoms with van der Waals surface area (Å²) in [6, 6.07) is -1.90. The van der Waals surface area contributed by atoms with Gasteiger partial charge in [0.05, 0.1) is 0 Å². The maximum Gasteiger partial charge on any atom is 0.407 e. The van der Waals surface area contributed by atoms with Crippen molar-refractivity contribution in [1.29, 1.82) is 0 Å². The van der Waals surface area contributed by atoms with Crippen LogP contribution < -0.4 is 5.73 Å². The van der Waals surface area contributed by atoms with Crippen molar-refractivity contribution in [2.45, 2.75) is 46.8 Å². The van der Waals surface area contributed by atoms with Gasteiger partial charge in [-0.2, -0.15) is 13.2 Å². The van der Waals surface area contributed by atoms with Crippen LogP contribution in [0.2, 0.25) is 0 Å². The van der Waals surface area contributed by atoms with Crippen molar-refractivity contribution in [3.05, 3.63) is 33.4 Å². The molecule has 0 aliphatic heterocycles. The molecule has 0 unspecified atom stereocenters. The Bertz CT molecular complexity index is 418. The molecule has 0 aliphatic rings. The summed E-state index contributed by atoms with van der Waals surface area (Å²) in [6.07, 6.45) is -4.40. The monoisotopic (exact) mass is 245 g/mol. The minimum Gasteiger partial charge on any atom is -0.316 e. The van der Waals surface area contributed by atoms with Crippen LogP contribution in [-0.2, 0) is 0 Å². The molecule has 0 saturated carbocycles. The average molecular weight is 245 g/mol. The van der Waals surface area contributed by atoms with Gasteiger partial charge < -0.3 is 5.73 Å². The Morgan fingerprint density at radius 3 is 1.35 bits per heavy atom. The third-order valence-electron chi connectivity index (χ3n) is 3.72. The summed E-state index contributed by atoms with van der Waals surface area (Å²) in [7, 11) is 0. The summed E-state index contributed by atoms with van der Waals surface area (Å²) < 4.78 is 38.2. The number of benzene rings is 1. The number of alkyl halides is 3. The molecule has 4 heteroatoms. The second-order valence-corrected chi connectivity index (χ2v) is 4.56. The lowest BCUT2D eigenvalue weighted by atomic mass is 9.86. The highest BCUT2D eigenvalue weighted by molar-refractivity contribution is 5.50. The Morgan fingerprint density at radius 2 is 1.06 bits per heavy atom. The van der Waals surface area contributed by atoms with Gasteiger partial charge >= 0.3 is 6.18 Å². The molecule has 1 aromatic carbocycles. The van der Waals surface area contributed by atoms with Crippen LogP contribution in [0.3, 0.4) is 0 Å². The van der Waals surface area contributed by atoms with Gasteiger partial charge in [0.15, 0.2) is 0 Å². The Hall–Kier alpha value is -1.03. The highest BCUT2D eigenvalue weighted by Crippen LogP contribution is 2.37. The molecule has 0 aliphatic carbocycles. The molecule has 17 heavy (non-hydrogen) atoms. The van der Waals surface area contributed by atoms with Crippen LogP contribution in [0, 0.1) is 34.6 Å². The number of halogens is 3. The highest BCUT2D eigenvalue weighted by atomic mass is 19.4. The summed E-state index contributed by atoms with van der Waals surface area (Å²) in [5.74, 6) is 0. The minimum atomic E-state index is -4.40. The summed E-state index contributed by atoms with van der Waals surface area (Å²) in [4.78, 5) is 0. The largest absolute Gasteiger partial charge is 0.407 e. The van der Waals surface area contributed by atoms with Crippen LogP contribution in [-0.4, -0.2) is 6.18 Å². The Balaban J connectivity index is 3.55. The maximum absolute atomic E-state index is 12.7. The van der Waals surface area contributed by atoms with E-state index in [-0.39, 0.29) is 5.56 Å². The molecule has 0 saturated heterocycles. The molecule has 0 bridgehead atoms. The first kappa shape index (κ1) is 14.0. The zero-order valence-corrected chi connectivity index (χ0v) is 10.8. The first-order valence-corrected chi connectivity index (χ1v) is 5.48. The van der Waals surface area contributed by atoms with Gasteiger partial charge in [-0.3, -0.25) is 0 Å². The fraction of sp³-hybridized carbons (Fsp3) is 0.538. The fourth-order valence-corrected chi connectivity index (χ4v) is 2.16. The lowest BCUT2D eigenvalue weighted by molar-refractivity contribution is -0.149. The smallest absolute Gasteiger partial charge is 0.316 e. The van der Waals surface area contributed by atoms with E-state index >= 15 is 0 Å². The molecule has 96 valence electrons. The van der Waals surface area contributed by atoms with E-state index in [1.165, 1.54) is 0 Å². The fourth-order valence-electron chi connectivity index (χ4n) is 2.16. The van der Waals surface area contributed by atoms with Crippen molar-refractivity contribution in [2.24, 2.45) is 5.73 Å². The van der Waals surface area contributed by atoms with E-state index in [1.54, 1.807) is 13.8 Å².